The lowest BCUT2D eigenvalue weighted by atomic mass is 9.91. The molecule has 2 aliphatic heterocycles. The van der Waals surface area contributed by atoms with Gasteiger partial charge in [0.2, 0.25) is 0 Å². The first-order chi connectivity index (χ1) is 22.0. The second kappa shape index (κ2) is 16.6. The Morgan fingerprint density at radius 2 is 0.978 bits per heavy atom. The number of ether oxygens (including phenoxy) is 2. The minimum Gasteiger partial charge on any atom is -0.440 e. The lowest BCUT2D eigenvalue weighted by Gasteiger charge is -2.37. The molecule has 2 fully saturated rings. The first kappa shape index (κ1) is 35.7. The molecule has 0 amide bonds. The maximum atomic E-state index is 13.2. The molecular weight excluding hydrogens is 576 g/mol. The molecule has 0 spiro atoms. The zero-order valence-electron chi connectivity index (χ0n) is 28.8. The molecule has 4 rings (SSSR count). The Kier molecular flexibility index (Phi) is 12.9. The summed E-state index contributed by atoms with van der Waals surface area (Å²) in [5.41, 5.74) is 15.3. The van der Waals surface area contributed by atoms with E-state index in [9.17, 15) is 9.59 Å². The third-order valence-corrected chi connectivity index (χ3v) is 9.14. The Hall–Kier alpha value is -3.10. The molecule has 46 heavy (non-hydrogen) atoms. The van der Waals surface area contributed by atoms with Gasteiger partial charge in [0.15, 0.2) is 11.4 Å². The molecule has 2 aliphatic rings. The van der Waals surface area contributed by atoms with Crippen molar-refractivity contribution in [2.75, 3.05) is 36.0 Å². The van der Waals surface area contributed by atoms with Crippen LogP contribution < -0.4 is 21.3 Å². The molecule has 2 aromatic carbocycles. The first-order valence-corrected chi connectivity index (χ1v) is 17.7. The fourth-order valence-electron chi connectivity index (χ4n) is 7.16. The van der Waals surface area contributed by atoms with E-state index in [0.29, 0.717) is 25.7 Å². The van der Waals surface area contributed by atoms with Gasteiger partial charge in [0, 0.05) is 74.4 Å². The van der Waals surface area contributed by atoms with E-state index in [2.05, 4.69) is 49.6 Å². The van der Waals surface area contributed by atoms with Crippen molar-refractivity contribution in [3.05, 3.63) is 59.7 Å². The third kappa shape index (κ3) is 9.71. The van der Waals surface area contributed by atoms with Crippen LogP contribution in [0.15, 0.2) is 48.5 Å². The van der Waals surface area contributed by atoms with Crippen molar-refractivity contribution in [3.63, 3.8) is 0 Å². The van der Waals surface area contributed by atoms with Crippen LogP contribution in [0.4, 0.5) is 11.4 Å². The predicted octanol–water partition coefficient (Wildman–Crippen LogP) is 7.33. The van der Waals surface area contributed by atoms with E-state index >= 15 is 0 Å². The first-order valence-electron chi connectivity index (χ1n) is 17.7. The van der Waals surface area contributed by atoms with Gasteiger partial charge in [-0.25, -0.2) is 0 Å². The van der Waals surface area contributed by atoms with Gasteiger partial charge in [0.1, 0.15) is 0 Å². The molecule has 2 heterocycles. The fraction of sp³-hybridized carbons (Fsp3) is 0.632. The van der Waals surface area contributed by atoms with Crippen molar-refractivity contribution in [3.8, 4) is 0 Å². The van der Waals surface area contributed by atoms with Crippen LogP contribution in [0.5, 0.6) is 0 Å². The Morgan fingerprint density at radius 1 is 0.630 bits per heavy atom. The molecule has 2 unspecified atom stereocenters. The summed E-state index contributed by atoms with van der Waals surface area (Å²) in [6, 6.07) is 16.1. The zero-order valence-corrected chi connectivity index (χ0v) is 28.8. The lowest BCUT2D eigenvalue weighted by molar-refractivity contribution is -0.165. The van der Waals surface area contributed by atoms with Crippen LogP contribution in [0.1, 0.15) is 116 Å². The number of unbranched alkanes of at least 4 members (excludes halogenated alkanes) is 1. The summed E-state index contributed by atoms with van der Waals surface area (Å²) in [5, 5.41) is 0. The molecule has 0 radical (unpaired) electrons. The monoisotopic (exact) mass is 634 g/mol. The standard InChI is InChI=1S/C38H58N4O4/c1-29(2)27-37(39,31-17-7-9-19-33(31)41-23-13-5-14-24-41)45-35(43)21-11-12-22-36(44)46-38(40,28-30(3)4)32-18-8-10-20-34(32)42-25-15-6-16-26-42/h7-10,17-20,29-30H,5-6,11-16,21-28,39-40H2,1-4H3. The van der Waals surface area contributed by atoms with Gasteiger partial charge in [0.25, 0.3) is 0 Å². The van der Waals surface area contributed by atoms with E-state index < -0.39 is 11.4 Å². The average molecular weight is 635 g/mol. The molecular formula is C38H58N4O4. The van der Waals surface area contributed by atoms with E-state index in [1.807, 2.05) is 36.4 Å². The highest BCUT2D eigenvalue weighted by Crippen LogP contribution is 2.38. The fourth-order valence-corrected chi connectivity index (χ4v) is 7.16. The number of rotatable bonds is 15. The van der Waals surface area contributed by atoms with Gasteiger partial charge in [-0.1, -0.05) is 64.1 Å². The minimum atomic E-state index is -1.23. The molecule has 0 bridgehead atoms. The second-order valence-corrected chi connectivity index (χ2v) is 14.3. The van der Waals surface area contributed by atoms with E-state index in [1.165, 1.54) is 12.8 Å². The van der Waals surface area contributed by atoms with Crippen LogP contribution in [0, 0.1) is 11.8 Å². The van der Waals surface area contributed by atoms with Crippen molar-refractivity contribution >= 4 is 23.3 Å². The van der Waals surface area contributed by atoms with Crippen LogP contribution in [0.3, 0.4) is 0 Å². The van der Waals surface area contributed by atoms with Crippen molar-refractivity contribution in [2.24, 2.45) is 23.3 Å². The number of hydrogen-bond donors (Lipinski definition) is 2. The van der Waals surface area contributed by atoms with Crippen molar-refractivity contribution < 1.29 is 19.1 Å². The highest BCUT2D eigenvalue weighted by Gasteiger charge is 2.37. The van der Waals surface area contributed by atoms with E-state index in [-0.39, 0.29) is 36.6 Å². The van der Waals surface area contributed by atoms with Gasteiger partial charge in [0.05, 0.1) is 0 Å². The summed E-state index contributed by atoms with van der Waals surface area (Å²) in [7, 11) is 0. The summed E-state index contributed by atoms with van der Waals surface area (Å²) in [6.07, 6.45) is 9.41. The molecule has 0 aromatic heterocycles. The van der Waals surface area contributed by atoms with E-state index in [4.69, 9.17) is 20.9 Å². The van der Waals surface area contributed by atoms with Crippen molar-refractivity contribution in [1.82, 2.24) is 0 Å². The summed E-state index contributed by atoms with van der Waals surface area (Å²) >= 11 is 0. The molecule has 2 aromatic rings. The quantitative estimate of drug-likeness (QED) is 0.119. The van der Waals surface area contributed by atoms with Gasteiger partial charge in [-0.2, -0.15) is 0 Å². The van der Waals surface area contributed by atoms with Crippen LogP contribution in [-0.4, -0.2) is 38.1 Å². The summed E-state index contributed by atoms with van der Waals surface area (Å²) in [5.74, 6) is -0.254. The van der Waals surface area contributed by atoms with E-state index in [1.54, 1.807) is 0 Å². The number of para-hydroxylation sites is 2. The van der Waals surface area contributed by atoms with Crippen LogP contribution in [0.25, 0.3) is 0 Å². The number of hydrogen-bond acceptors (Lipinski definition) is 8. The molecule has 8 heteroatoms. The second-order valence-electron chi connectivity index (χ2n) is 14.3. The zero-order chi connectivity index (χ0) is 33.2. The number of piperidine rings is 2. The molecule has 2 atom stereocenters. The number of carbonyl (C=O) groups excluding carboxylic acids is 2. The molecule has 254 valence electrons. The minimum absolute atomic E-state index is 0.174. The number of anilines is 2. The summed E-state index contributed by atoms with van der Waals surface area (Å²) in [4.78, 5) is 31.1. The molecule has 4 N–H and O–H groups in total. The SMILES string of the molecule is CC(C)CC(N)(OC(=O)CCCCC(=O)OC(N)(CC(C)C)c1ccccc1N1CCCCC1)c1ccccc1N1CCCCC1. The highest BCUT2D eigenvalue weighted by atomic mass is 16.6. The Morgan fingerprint density at radius 3 is 1.33 bits per heavy atom. The number of nitrogens with zero attached hydrogens (tertiary/aromatic N) is 2. The highest BCUT2D eigenvalue weighted by molar-refractivity contribution is 5.72. The normalized spacial score (nSPS) is 18.3. The topological polar surface area (TPSA) is 111 Å². The molecule has 0 saturated carbocycles. The molecule has 0 aliphatic carbocycles. The predicted molar refractivity (Wildman–Crippen MR) is 186 cm³/mol. The smallest absolute Gasteiger partial charge is 0.307 e. The summed E-state index contributed by atoms with van der Waals surface area (Å²) in [6.45, 7) is 12.3. The Bertz CT molecular complexity index is 1170. The number of nitrogens with two attached hydrogens (primary N) is 2. The Balaban J connectivity index is 1.37. The van der Waals surface area contributed by atoms with Crippen LogP contribution in [0.2, 0.25) is 0 Å². The largest absolute Gasteiger partial charge is 0.440 e. The maximum Gasteiger partial charge on any atom is 0.307 e. The number of esters is 2. The van der Waals surface area contributed by atoms with Crippen molar-refractivity contribution in [1.29, 1.82) is 0 Å². The van der Waals surface area contributed by atoms with Crippen LogP contribution in [-0.2, 0) is 30.5 Å². The van der Waals surface area contributed by atoms with Gasteiger partial charge in [-0.15, -0.1) is 0 Å². The number of carbonyl (C=O) groups is 2. The summed E-state index contributed by atoms with van der Waals surface area (Å²) < 4.78 is 12.2. The van der Waals surface area contributed by atoms with Crippen molar-refractivity contribution in [2.45, 2.75) is 116 Å². The maximum absolute atomic E-state index is 13.2. The third-order valence-electron chi connectivity index (χ3n) is 9.14. The lowest BCUT2D eigenvalue weighted by Crippen LogP contribution is -2.45. The van der Waals surface area contributed by atoms with Crippen LogP contribution >= 0.6 is 0 Å². The Labute approximate surface area is 277 Å². The molecule has 2 saturated heterocycles. The van der Waals surface area contributed by atoms with Gasteiger partial charge >= 0.3 is 11.9 Å². The van der Waals surface area contributed by atoms with Gasteiger partial charge in [-0.3, -0.25) is 21.1 Å². The van der Waals surface area contributed by atoms with Gasteiger partial charge in [-0.05, 0) is 75.3 Å². The average Bonchev–Trinajstić information content (AvgIpc) is 3.03. The van der Waals surface area contributed by atoms with Gasteiger partial charge < -0.3 is 19.3 Å². The number of benzene rings is 2. The van der Waals surface area contributed by atoms with E-state index in [0.717, 1.165) is 74.4 Å². The molecule has 8 nitrogen and oxygen atoms in total.